The second-order valence-electron chi connectivity index (χ2n) is 6.27. The number of hydrogen-bond acceptors (Lipinski definition) is 1. The summed E-state index contributed by atoms with van der Waals surface area (Å²) in [5, 5.41) is 0.803. The van der Waals surface area contributed by atoms with E-state index in [4.69, 9.17) is 11.6 Å². The number of rotatable bonds is 5. The van der Waals surface area contributed by atoms with Crippen LogP contribution in [0, 0.1) is 0 Å². The fraction of sp³-hybridized carbons (Fsp3) is 0.400. The molecule has 0 saturated carbocycles. The average molecular weight is 314 g/mol. The zero-order valence-corrected chi connectivity index (χ0v) is 13.9. The molecule has 1 saturated heterocycles. The fourth-order valence-corrected chi connectivity index (χ4v) is 3.26. The van der Waals surface area contributed by atoms with E-state index in [0.29, 0.717) is 0 Å². The van der Waals surface area contributed by atoms with Crippen molar-refractivity contribution >= 4 is 11.6 Å². The van der Waals surface area contributed by atoms with E-state index in [-0.39, 0.29) is 0 Å². The van der Waals surface area contributed by atoms with E-state index in [1.807, 2.05) is 12.1 Å². The van der Waals surface area contributed by atoms with Gasteiger partial charge in [0.15, 0.2) is 0 Å². The Hall–Kier alpha value is -1.31. The Bertz CT molecular complexity index is 568. The van der Waals surface area contributed by atoms with Gasteiger partial charge in [-0.05, 0) is 67.6 Å². The van der Waals surface area contributed by atoms with Crippen LogP contribution in [0.2, 0.25) is 5.02 Å². The molecule has 0 amide bonds. The highest BCUT2D eigenvalue weighted by atomic mass is 35.5. The summed E-state index contributed by atoms with van der Waals surface area (Å²) in [7, 11) is 0. The highest BCUT2D eigenvalue weighted by Gasteiger charge is 2.09. The molecule has 0 bridgehead atoms. The maximum absolute atomic E-state index is 5.93. The molecule has 0 aromatic heterocycles. The zero-order chi connectivity index (χ0) is 15.2. The summed E-state index contributed by atoms with van der Waals surface area (Å²) in [6.45, 7) is 3.78. The highest BCUT2D eigenvalue weighted by Crippen LogP contribution is 2.15. The van der Waals surface area contributed by atoms with Gasteiger partial charge in [0, 0.05) is 11.6 Å². The first-order valence-electron chi connectivity index (χ1n) is 8.34. The zero-order valence-electron chi connectivity index (χ0n) is 13.1. The standard InChI is InChI=1S/C20H24ClN/c21-20-10-8-19(9-11-20)16-18-6-4-17(5-7-18)12-15-22-13-2-1-3-14-22/h4-11H,1-3,12-16H2. The van der Waals surface area contributed by atoms with E-state index in [2.05, 4.69) is 41.3 Å². The highest BCUT2D eigenvalue weighted by molar-refractivity contribution is 6.30. The Balaban J connectivity index is 1.52. The maximum Gasteiger partial charge on any atom is 0.0406 e. The second kappa shape index (κ2) is 7.80. The Kier molecular flexibility index (Phi) is 5.53. The SMILES string of the molecule is Clc1ccc(Cc2ccc(CCN3CCCCC3)cc2)cc1. The maximum atomic E-state index is 5.93. The van der Waals surface area contributed by atoms with Gasteiger partial charge >= 0.3 is 0 Å². The smallest absolute Gasteiger partial charge is 0.0406 e. The molecule has 116 valence electrons. The minimum Gasteiger partial charge on any atom is -0.303 e. The van der Waals surface area contributed by atoms with Crippen LogP contribution >= 0.6 is 11.6 Å². The normalized spacial score (nSPS) is 15.9. The van der Waals surface area contributed by atoms with Crippen molar-refractivity contribution in [2.45, 2.75) is 32.1 Å². The van der Waals surface area contributed by atoms with Crippen molar-refractivity contribution in [3.05, 3.63) is 70.2 Å². The molecule has 0 N–H and O–H groups in total. The molecular formula is C20H24ClN. The predicted molar refractivity (Wildman–Crippen MR) is 94.7 cm³/mol. The molecule has 3 rings (SSSR count). The summed E-state index contributed by atoms with van der Waals surface area (Å²) >= 11 is 5.93. The lowest BCUT2D eigenvalue weighted by atomic mass is 10.0. The number of benzene rings is 2. The molecule has 0 radical (unpaired) electrons. The molecule has 2 aromatic carbocycles. The minimum atomic E-state index is 0.803. The quantitative estimate of drug-likeness (QED) is 0.754. The largest absolute Gasteiger partial charge is 0.303 e. The number of nitrogens with zero attached hydrogens (tertiary/aromatic N) is 1. The van der Waals surface area contributed by atoms with Crippen molar-refractivity contribution in [2.75, 3.05) is 19.6 Å². The van der Waals surface area contributed by atoms with E-state index < -0.39 is 0 Å². The van der Waals surface area contributed by atoms with Gasteiger partial charge in [0.05, 0.1) is 0 Å². The first-order chi connectivity index (χ1) is 10.8. The van der Waals surface area contributed by atoms with Crippen LogP contribution in [0.15, 0.2) is 48.5 Å². The lowest BCUT2D eigenvalue weighted by Gasteiger charge is -2.26. The van der Waals surface area contributed by atoms with Crippen LogP contribution in [0.3, 0.4) is 0 Å². The molecule has 2 aromatic rings. The third-order valence-corrected chi connectivity index (χ3v) is 4.76. The lowest BCUT2D eigenvalue weighted by Crippen LogP contribution is -2.31. The van der Waals surface area contributed by atoms with E-state index in [1.165, 1.54) is 62.0 Å². The third-order valence-electron chi connectivity index (χ3n) is 4.51. The van der Waals surface area contributed by atoms with Crippen LogP contribution < -0.4 is 0 Å². The van der Waals surface area contributed by atoms with Gasteiger partial charge < -0.3 is 4.90 Å². The Labute approximate surface area is 138 Å². The van der Waals surface area contributed by atoms with E-state index >= 15 is 0 Å². The van der Waals surface area contributed by atoms with Gasteiger partial charge in [0.2, 0.25) is 0 Å². The second-order valence-corrected chi connectivity index (χ2v) is 6.71. The minimum absolute atomic E-state index is 0.803. The van der Waals surface area contributed by atoms with Crippen molar-refractivity contribution in [3.63, 3.8) is 0 Å². The van der Waals surface area contributed by atoms with Crippen LogP contribution in [-0.4, -0.2) is 24.5 Å². The van der Waals surface area contributed by atoms with Gasteiger partial charge in [-0.1, -0.05) is 54.4 Å². The molecule has 22 heavy (non-hydrogen) atoms. The number of likely N-dealkylation sites (tertiary alicyclic amines) is 1. The third kappa shape index (κ3) is 4.59. The van der Waals surface area contributed by atoms with Gasteiger partial charge in [0.25, 0.3) is 0 Å². The van der Waals surface area contributed by atoms with Gasteiger partial charge in [-0.3, -0.25) is 0 Å². The Morgan fingerprint density at radius 2 is 1.27 bits per heavy atom. The molecule has 2 heteroatoms. The topological polar surface area (TPSA) is 3.24 Å². The molecule has 1 fully saturated rings. The summed E-state index contributed by atoms with van der Waals surface area (Å²) in [5.41, 5.74) is 4.12. The first-order valence-corrected chi connectivity index (χ1v) is 8.72. The number of piperidine rings is 1. The number of halogens is 1. The van der Waals surface area contributed by atoms with Crippen molar-refractivity contribution in [1.29, 1.82) is 0 Å². The van der Waals surface area contributed by atoms with E-state index in [9.17, 15) is 0 Å². The molecule has 0 aliphatic carbocycles. The molecular weight excluding hydrogens is 290 g/mol. The first kappa shape index (κ1) is 15.6. The lowest BCUT2D eigenvalue weighted by molar-refractivity contribution is 0.231. The molecule has 1 heterocycles. The molecule has 0 unspecified atom stereocenters. The van der Waals surface area contributed by atoms with E-state index in [1.54, 1.807) is 0 Å². The van der Waals surface area contributed by atoms with Crippen molar-refractivity contribution in [2.24, 2.45) is 0 Å². The summed E-state index contributed by atoms with van der Waals surface area (Å²) in [6.07, 6.45) is 6.31. The predicted octanol–water partition coefficient (Wildman–Crippen LogP) is 4.96. The number of hydrogen-bond donors (Lipinski definition) is 0. The van der Waals surface area contributed by atoms with Gasteiger partial charge in [-0.15, -0.1) is 0 Å². The van der Waals surface area contributed by atoms with Crippen molar-refractivity contribution in [1.82, 2.24) is 4.90 Å². The van der Waals surface area contributed by atoms with Crippen LogP contribution in [-0.2, 0) is 12.8 Å². The monoisotopic (exact) mass is 313 g/mol. The Morgan fingerprint density at radius 1 is 0.727 bits per heavy atom. The molecule has 1 nitrogen and oxygen atoms in total. The average Bonchev–Trinajstić information content (AvgIpc) is 2.57. The van der Waals surface area contributed by atoms with E-state index in [0.717, 1.165) is 11.4 Å². The van der Waals surface area contributed by atoms with Gasteiger partial charge in [-0.2, -0.15) is 0 Å². The molecule has 0 spiro atoms. The van der Waals surface area contributed by atoms with Crippen LogP contribution in [0.4, 0.5) is 0 Å². The Morgan fingerprint density at radius 3 is 1.91 bits per heavy atom. The fourth-order valence-electron chi connectivity index (χ4n) is 3.13. The summed E-state index contributed by atoms with van der Waals surface area (Å²) in [6, 6.07) is 17.2. The van der Waals surface area contributed by atoms with Crippen molar-refractivity contribution in [3.8, 4) is 0 Å². The van der Waals surface area contributed by atoms with Crippen LogP contribution in [0.1, 0.15) is 36.0 Å². The summed E-state index contributed by atoms with van der Waals surface area (Å²) < 4.78 is 0. The van der Waals surface area contributed by atoms with Crippen LogP contribution in [0.5, 0.6) is 0 Å². The molecule has 1 aliphatic rings. The molecule has 0 atom stereocenters. The summed E-state index contributed by atoms with van der Waals surface area (Å²) in [5.74, 6) is 0. The van der Waals surface area contributed by atoms with Gasteiger partial charge in [0.1, 0.15) is 0 Å². The van der Waals surface area contributed by atoms with Gasteiger partial charge in [-0.25, -0.2) is 0 Å². The van der Waals surface area contributed by atoms with Crippen LogP contribution in [0.25, 0.3) is 0 Å². The summed E-state index contributed by atoms with van der Waals surface area (Å²) in [4.78, 5) is 2.60. The van der Waals surface area contributed by atoms with Crippen molar-refractivity contribution < 1.29 is 0 Å². The molecule has 1 aliphatic heterocycles.